The second-order valence-electron chi connectivity index (χ2n) is 4.41. The highest BCUT2D eigenvalue weighted by molar-refractivity contribution is 5.97. The van der Waals surface area contributed by atoms with E-state index < -0.39 is 0 Å². The number of para-hydroxylation sites is 1. The van der Waals surface area contributed by atoms with Crippen molar-refractivity contribution >= 4 is 17.0 Å². The van der Waals surface area contributed by atoms with Gasteiger partial charge in [0.05, 0.1) is 5.69 Å². The lowest BCUT2D eigenvalue weighted by atomic mass is 10.1. The Balaban J connectivity index is 2.42. The van der Waals surface area contributed by atoms with E-state index in [0.29, 0.717) is 0 Å². The van der Waals surface area contributed by atoms with Crippen molar-refractivity contribution in [3.05, 3.63) is 66.7 Å². The van der Waals surface area contributed by atoms with E-state index in [2.05, 4.69) is 66.7 Å². The molecule has 0 fully saturated rings. The Bertz CT molecular complexity index is 705. The highest BCUT2D eigenvalue weighted by atomic mass is 14.9. The second kappa shape index (κ2) is 4.19. The molecule has 18 heavy (non-hydrogen) atoms. The van der Waals surface area contributed by atoms with E-state index in [9.17, 15) is 0 Å². The first-order valence-electron chi connectivity index (χ1n) is 6.08. The van der Waals surface area contributed by atoms with E-state index in [1.54, 1.807) is 0 Å². The van der Waals surface area contributed by atoms with Gasteiger partial charge in [-0.15, -0.1) is 0 Å². The molecule has 0 atom stereocenters. The van der Waals surface area contributed by atoms with Gasteiger partial charge in [-0.25, -0.2) is 0 Å². The molecule has 2 aromatic carbocycles. The van der Waals surface area contributed by atoms with E-state index in [1.807, 2.05) is 12.1 Å². The van der Waals surface area contributed by atoms with Crippen LogP contribution in [0.2, 0.25) is 0 Å². The predicted molar refractivity (Wildman–Crippen MR) is 78.4 cm³/mol. The normalized spacial score (nSPS) is 10.7. The Labute approximate surface area is 107 Å². The molecule has 1 nitrogen and oxygen atoms in total. The van der Waals surface area contributed by atoms with Gasteiger partial charge in [0.2, 0.25) is 0 Å². The molecule has 3 rings (SSSR count). The van der Waals surface area contributed by atoms with Crippen LogP contribution in [0.5, 0.6) is 0 Å². The molecule has 88 valence electrons. The van der Waals surface area contributed by atoms with Crippen LogP contribution >= 0.6 is 0 Å². The molecule has 0 unspecified atom stereocenters. The van der Waals surface area contributed by atoms with Crippen LogP contribution in [-0.2, 0) is 7.05 Å². The monoisotopic (exact) mass is 233 g/mol. The number of nitrogens with zero attached hydrogens (tertiary/aromatic N) is 1. The summed E-state index contributed by atoms with van der Waals surface area (Å²) in [5, 5.41) is 1.26. The van der Waals surface area contributed by atoms with Gasteiger partial charge < -0.3 is 4.57 Å². The van der Waals surface area contributed by atoms with E-state index in [1.165, 1.54) is 27.7 Å². The van der Waals surface area contributed by atoms with Crippen molar-refractivity contribution in [2.24, 2.45) is 7.05 Å². The molecule has 0 radical (unpaired) electrons. The fourth-order valence-electron chi connectivity index (χ4n) is 2.57. The molecule has 0 N–H and O–H groups in total. The number of hydrogen-bond donors (Lipinski definition) is 0. The van der Waals surface area contributed by atoms with Gasteiger partial charge in [0.1, 0.15) is 0 Å². The molecule has 1 heterocycles. The zero-order valence-corrected chi connectivity index (χ0v) is 10.4. The highest BCUT2D eigenvalue weighted by Gasteiger charge is 2.13. The fourth-order valence-corrected chi connectivity index (χ4v) is 2.57. The summed E-state index contributed by atoms with van der Waals surface area (Å²) in [5.41, 5.74) is 4.91. The average molecular weight is 233 g/mol. The maximum absolute atomic E-state index is 3.97. The van der Waals surface area contributed by atoms with Gasteiger partial charge in [-0.2, -0.15) is 0 Å². The van der Waals surface area contributed by atoms with Crippen LogP contribution in [0.4, 0.5) is 0 Å². The summed E-state index contributed by atoms with van der Waals surface area (Å²) in [6.07, 6.45) is 1.95. The Morgan fingerprint density at radius 1 is 0.944 bits per heavy atom. The van der Waals surface area contributed by atoms with Crippen LogP contribution in [0, 0.1) is 0 Å². The lowest BCUT2D eigenvalue weighted by Crippen LogP contribution is -1.91. The minimum absolute atomic E-state index is 1.21. The number of benzene rings is 2. The number of hydrogen-bond acceptors (Lipinski definition) is 0. The van der Waals surface area contributed by atoms with E-state index in [-0.39, 0.29) is 0 Å². The molecule has 0 aliphatic rings. The summed E-state index contributed by atoms with van der Waals surface area (Å²) >= 11 is 0. The second-order valence-corrected chi connectivity index (χ2v) is 4.41. The maximum atomic E-state index is 3.97. The molecule has 3 aromatic rings. The fraction of sp³-hybridized carbons (Fsp3) is 0.0588. The third kappa shape index (κ3) is 1.48. The largest absolute Gasteiger partial charge is 0.343 e. The smallest absolute Gasteiger partial charge is 0.0562 e. The molecule has 1 heteroatoms. The van der Waals surface area contributed by atoms with Gasteiger partial charge in [-0.1, -0.05) is 61.2 Å². The van der Waals surface area contributed by atoms with E-state index in [4.69, 9.17) is 0 Å². The first kappa shape index (κ1) is 10.8. The lowest BCUT2D eigenvalue weighted by molar-refractivity contribution is 0.977. The molecule has 0 amide bonds. The highest BCUT2D eigenvalue weighted by Crippen LogP contribution is 2.33. The molecule has 1 aromatic heterocycles. The van der Waals surface area contributed by atoms with Crippen LogP contribution in [0.15, 0.2) is 61.2 Å². The average Bonchev–Trinajstić information content (AvgIpc) is 2.73. The molecule has 0 spiro atoms. The molecular formula is C17H15N. The Morgan fingerprint density at radius 3 is 2.33 bits per heavy atom. The first-order valence-corrected chi connectivity index (χ1v) is 6.08. The van der Waals surface area contributed by atoms with Gasteiger partial charge in [0, 0.05) is 23.5 Å². The molecule has 0 aliphatic carbocycles. The van der Waals surface area contributed by atoms with Crippen molar-refractivity contribution in [3.8, 4) is 11.3 Å². The minimum Gasteiger partial charge on any atom is -0.343 e. The first-order chi connectivity index (χ1) is 8.83. The van der Waals surface area contributed by atoms with Gasteiger partial charge in [0.25, 0.3) is 0 Å². The summed E-state index contributed by atoms with van der Waals surface area (Å²) in [7, 11) is 2.11. The van der Waals surface area contributed by atoms with Crippen molar-refractivity contribution in [1.82, 2.24) is 4.57 Å². The number of aromatic nitrogens is 1. The van der Waals surface area contributed by atoms with Crippen LogP contribution in [-0.4, -0.2) is 4.57 Å². The summed E-state index contributed by atoms with van der Waals surface area (Å²) in [5.74, 6) is 0. The van der Waals surface area contributed by atoms with Crippen LogP contribution in [0.3, 0.4) is 0 Å². The topological polar surface area (TPSA) is 4.93 Å². The zero-order chi connectivity index (χ0) is 12.5. The van der Waals surface area contributed by atoms with Crippen molar-refractivity contribution in [2.75, 3.05) is 0 Å². The molecule has 0 saturated heterocycles. The van der Waals surface area contributed by atoms with Crippen LogP contribution in [0.25, 0.3) is 28.2 Å². The van der Waals surface area contributed by atoms with E-state index in [0.717, 1.165) is 0 Å². The Morgan fingerprint density at radius 2 is 1.61 bits per heavy atom. The van der Waals surface area contributed by atoms with Gasteiger partial charge >= 0.3 is 0 Å². The minimum atomic E-state index is 1.21. The molecule has 0 aliphatic heterocycles. The van der Waals surface area contributed by atoms with Crippen molar-refractivity contribution < 1.29 is 0 Å². The van der Waals surface area contributed by atoms with Crippen molar-refractivity contribution in [3.63, 3.8) is 0 Å². The number of fused-ring (bicyclic) bond motifs is 1. The Kier molecular flexibility index (Phi) is 2.52. The summed E-state index contributed by atoms with van der Waals surface area (Å²) in [6.45, 7) is 3.97. The van der Waals surface area contributed by atoms with Gasteiger partial charge in [0.15, 0.2) is 0 Å². The van der Waals surface area contributed by atoms with Gasteiger partial charge in [-0.3, -0.25) is 0 Å². The standard InChI is InChI=1S/C17H15N/c1-3-14-15-11-7-8-12-16(15)18(2)17(14)13-9-5-4-6-10-13/h3-12H,1H2,2H3. The Hall–Kier alpha value is -2.28. The van der Waals surface area contributed by atoms with Gasteiger partial charge in [-0.05, 0) is 11.6 Å². The summed E-state index contributed by atoms with van der Waals surface area (Å²) in [6, 6.07) is 18.9. The summed E-state index contributed by atoms with van der Waals surface area (Å²) in [4.78, 5) is 0. The van der Waals surface area contributed by atoms with Crippen molar-refractivity contribution in [2.45, 2.75) is 0 Å². The molecule has 0 bridgehead atoms. The van der Waals surface area contributed by atoms with E-state index >= 15 is 0 Å². The molecular weight excluding hydrogens is 218 g/mol. The third-order valence-electron chi connectivity index (χ3n) is 3.40. The molecule has 0 saturated carbocycles. The lowest BCUT2D eigenvalue weighted by Gasteiger charge is -2.05. The van der Waals surface area contributed by atoms with Crippen molar-refractivity contribution in [1.29, 1.82) is 0 Å². The SMILES string of the molecule is C=Cc1c(-c2ccccc2)n(C)c2ccccc12. The summed E-state index contributed by atoms with van der Waals surface area (Å²) < 4.78 is 2.24. The number of rotatable bonds is 2. The third-order valence-corrected chi connectivity index (χ3v) is 3.40. The quantitative estimate of drug-likeness (QED) is 0.614. The predicted octanol–water partition coefficient (Wildman–Crippen LogP) is 4.49. The zero-order valence-electron chi connectivity index (χ0n) is 10.4. The maximum Gasteiger partial charge on any atom is 0.0562 e. The number of aryl methyl sites for hydroxylation is 1. The van der Waals surface area contributed by atoms with Crippen LogP contribution < -0.4 is 0 Å². The van der Waals surface area contributed by atoms with Crippen LogP contribution in [0.1, 0.15) is 5.56 Å².